The molecule has 6 rings (SSSR count). The molecular weight excluding hydrogens is 546 g/mol. The van der Waals surface area contributed by atoms with Crippen LogP contribution in [0.25, 0.3) is 0 Å². The minimum Gasteiger partial charge on any atom is -0.453 e. The molecule has 1 amide bonds. The van der Waals surface area contributed by atoms with Gasteiger partial charge in [0.1, 0.15) is 6.17 Å². The van der Waals surface area contributed by atoms with Crippen molar-refractivity contribution in [2.45, 2.75) is 56.7 Å². The third kappa shape index (κ3) is 3.39. The molecule has 214 valence electrons. The number of anilines is 1. The van der Waals surface area contributed by atoms with Crippen LogP contribution in [0.1, 0.15) is 33.1 Å². The quantitative estimate of drug-likeness (QED) is 0.527. The van der Waals surface area contributed by atoms with Crippen LogP contribution >= 0.6 is 11.6 Å². The number of benzene rings is 1. The number of halogens is 3. The number of allylic oxidation sites excluding steroid dienone is 4. The van der Waals surface area contributed by atoms with Gasteiger partial charge < -0.3 is 15.6 Å². The summed E-state index contributed by atoms with van der Waals surface area (Å²) in [6.07, 6.45) is 0.360. The average Bonchev–Trinajstić information content (AvgIpc) is 3.39. The van der Waals surface area contributed by atoms with E-state index in [9.17, 15) is 19.5 Å². The molecule has 3 N–H and O–H groups in total. The maximum Gasteiger partial charge on any atom is 0.342 e. The SMILES string of the molecule is C[C@]12C=CC(=O)C=C1[C@@H](F)C[C@H]1[C@@H]3C[C@H]4CN(c5ccc(Cl)cc5)O[C@@]4(C(=O)OCC(N)=O)[C@@]3(C)C[C@H](O)[C@@]12F. The van der Waals surface area contributed by atoms with E-state index < -0.39 is 76.4 Å². The molecule has 0 bridgehead atoms. The van der Waals surface area contributed by atoms with Gasteiger partial charge in [-0.15, -0.1) is 0 Å². The molecule has 11 heteroatoms. The number of esters is 1. The van der Waals surface area contributed by atoms with Gasteiger partial charge in [-0.2, -0.15) is 0 Å². The van der Waals surface area contributed by atoms with Crippen molar-refractivity contribution < 1.29 is 37.8 Å². The van der Waals surface area contributed by atoms with E-state index in [4.69, 9.17) is 26.9 Å². The number of alkyl halides is 2. The standard InChI is InChI=1S/C29H31ClF2N2O6/c1-26-8-7-18(35)10-21(26)22(31)11-20-19-9-15-13-34(17-5-3-16(30)4-6-17)40-29(15,25(38)39-14-24(33)37)27(19,2)12-23(36)28(20,26)32/h3-8,10,15,19-20,22-23,36H,9,11-14H2,1-2H3,(H2,33,37)/t15-,19-,20-,22-,23-,26-,27-,28-,29-/m0/s1. The van der Waals surface area contributed by atoms with Crippen molar-refractivity contribution in [2.75, 3.05) is 18.2 Å². The van der Waals surface area contributed by atoms with Crippen LogP contribution in [0, 0.1) is 28.6 Å². The highest BCUT2D eigenvalue weighted by molar-refractivity contribution is 6.30. The first-order chi connectivity index (χ1) is 18.8. The zero-order chi connectivity index (χ0) is 28.8. The number of hydroxylamine groups is 1. The third-order valence-electron chi connectivity index (χ3n) is 10.4. The maximum absolute atomic E-state index is 17.5. The van der Waals surface area contributed by atoms with Crippen molar-refractivity contribution in [2.24, 2.45) is 34.3 Å². The summed E-state index contributed by atoms with van der Waals surface area (Å²) in [6.45, 7) is 2.84. The largest absolute Gasteiger partial charge is 0.453 e. The number of hydrogen-bond acceptors (Lipinski definition) is 7. The maximum atomic E-state index is 17.5. The number of aliphatic hydroxyl groups is 1. The molecule has 5 aliphatic rings. The van der Waals surface area contributed by atoms with Crippen LogP contribution in [-0.4, -0.2) is 59.5 Å². The number of ketones is 1. The zero-order valence-corrected chi connectivity index (χ0v) is 22.9. The Bertz CT molecular complexity index is 1350. The van der Waals surface area contributed by atoms with Crippen LogP contribution < -0.4 is 10.8 Å². The van der Waals surface area contributed by atoms with Crippen molar-refractivity contribution in [3.63, 3.8) is 0 Å². The Hall–Kier alpha value is -2.82. The van der Waals surface area contributed by atoms with Crippen LogP contribution in [0.5, 0.6) is 0 Å². The Balaban J connectivity index is 1.44. The number of ether oxygens (including phenoxy) is 1. The first-order valence-corrected chi connectivity index (χ1v) is 13.8. The molecule has 9 atom stereocenters. The molecule has 0 spiro atoms. The summed E-state index contributed by atoms with van der Waals surface area (Å²) < 4.78 is 38.6. The minimum absolute atomic E-state index is 0.0281. The molecule has 1 saturated heterocycles. The van der Waals surface area contributed by atoms with E-state index >= 15 is 8.78 Å². The van der Waals surface area contributed by atoms with Crippen molar-refractivity contribution >= 4 is 34.9 Å². The zero-order valence-electron chi connectivity index (χ0n) is 22.1. The molecule has 3 saturated carbocycles. The van der Waals surface area contributed by atoms with Crippen LogP contribution in [0.4, 0.5) is 14.5 Å². The lowest BCUT2D eigenvalue weighted by Gasteiger charge is -2.63. The fourth-order valence-corrected chi connectivity index (χ4v) is 8.72. The molecule has 1 aliphatic heterocycles. The van der Waals surface area contributed by atoms with E-state index in [1.807, 2.05) is 0 Å². The summed E-state index contributed by atoms with van der Waals surface area (Å²) in [7, 11) is 0. The fourth-order valence-electron chi connectivity index (χ4n) is 8.59. The molecule has 40 heavy (non-hydrogen) atoms. The number of carbonyl (C=O) groups excluding carboxylic acids is 3. The second kappa shape index (κ2) is 8.84. The van der Waals surface area contributed by atoms with Gasteiger partial charge in [0, 0.05) is 27.7 Å². The van der Waals surface area contributed by atoms with Crippen molar-refractivity contribution in [3.05, 3.63) is 53.1 Å². The van der Waals surface area contributed by atoms with Gasteiger partial charge >= 0.3 is 5.97 Å². The van der Waals surface area contributed by atoms with Gasteiger partial charge in [-0.1, -0.05) is 24.6 Å². The number of nitrogens with two attached hydrogens (primary N) is 1. The molecule has 0 unspecified atom stereocenters. The number of primary amides is 1. The highest BCUT2D eigenvalue weighted by Gasteiger charge is 2.80. The van der Waals surface area contributed by atoms with E-state index in [2.05, 4.69) is 0 Å². The smallest absolute Gasteiger partial charge is 0.342 e. The number of amides is 1. The molecular formula is C29H31ClF2N2O6. The van der Waals surface area contributed by atoms with Gasteiger partial charge in [0.05, 0.1) is 18.3 Å². The van der Waals surface area contributed by atoms with Crippen LogP contribution in [0.2, 0.25) is 5.02 Å². The normalized spacial score (nSPS) is 43.4. The fraction of sp³-hybridized carbons (Fsp3) is 0.552. The molecule has 1 aromatic rings. The lowest BCUT2D eigenvalue weighted by molar-refractivity contribution is -0.235. The van der Waals surface area contributed by atoms with Crippen molar-refractivity contribution in [1.29, 1.82) is 0 Å². The Morgan fingerprint density at radius 3 is 2.60 bits per heavy atom. The van der Waals surface area contributed by atoms with E-state index in [1.54, 1.807) is 36.3 Å². The van der Waals surface area contributed by atoms with Gasteiger partial charge in [0.15, 0.2) is 18.1 Å². The van der Waals surface area contributed by atoms with Crippen molar-refractivity contribution in [1.82, 2.24) is 0 Å². The van der Waals surface area contributed by atoms with Gasteiger partial charge in [-0.3, -0.25) is 19.5 Å². The Morgan fingerprint density at radius 2 is 1.93 bits per heavy atom. The number of nitrogens with zero attached hydrogens (tertiary/aromatic N) is 1. The monoisotopic (exact) mass is 576 g/mol. The summed E-state index contributed by atoms with van der Waals surface area (Å²) in [6, 6.07) is 6.81. The number of fused-ring (bicyclic) bond motifs is 7. The Kier molecular flexibility index (Phi) is 6.04. The molecule has 1 aromatic carbocycles. The summed E-state index contributed by atoms with van der Waals surface area (Å²) in [4.78, 5) is 43.9. The van der Waals surface area contributed by atoms with Gasteiger partial charge in [0.2, 0.25) is 5.60 Å². The highest BCUT2D eigenvalue weighted by atomic mass is 35.5. The van der Waals surface area contributed by atoms with E-state index in [1.165, 1.54) is 19.1 Å². The summed E-state index contributed by atoms with van der Waals surface area (Å²) >= 11 is 6.05. The third-order valence-corrected chi connectivity index (χ3v) is 10.6. The summed E-state index contributed by atoms with van der Waals surface area (Å²) in [5.41, 5.74) is -0.829. The predicted octanol–water partition coefficient (Wildman–Crippen LogP) is 3.40. The predicted molar refractivity (Wildman–Crippen MR) is 140 cm³/mol. The van der Waals surface area contributed by atoms with E-state index in [0.29, 0.717) is 17.1 Å². The van der Waals surface area contributed by atoms with Crippen LogP contribution in [0.15, 0.2) is 48.1 Å². The molecule has 4 aliphatic carbocycles. The van der Waals surface area contributed by atoms with E-state index in [-0.39, 0.29) is 25.0 Å². The number of hydrogen-bond donors (Lipinski definition) is 2. The molecule has 4 fully saturated rings. The Morgan fingerprint density at radius 1 is 1.23 bits per heavy atom. The van der Waals surface area contributed by atoms with Crippen LogP contribution in [0.3, 0.4) is 0 Å². The second-order valence-electron chi connectivity index (χ2n) is 12.2. The first-order valence-electron chi connectivity index (χ1n) is 13.4. The summed E-state index contributed by atoms with van der Waals surface area (Å²) in [5, 5.41) is 13.7. The first kappa shape index (κ1) is 27.4. The number of aliphatic hydroxyl groups excluding tert-OH is 1. The van der Waals surface area contributed by atoms with Crippen LogP contribution in [-0.2, 0) is 24.0 Å². The van der Waals surface area contributed by atoms with Gasteiger partial charge in [0.25, 0.3) is 5.91 Å². The average molecular weight is 577 g/mol. The molecule has 0 aromatic heterocycles. The van der Waals surface area contributed by atoms with Gasteiger partial charge in [-0.05, 0) is 74.1 Å². The molecule has 1 heterocycles. The minimum atomic E-state index is -2.30. The van der Waals surface area contributed by atoms with Crippen molar-refractivity contribution in [3.8, 4) is 0 Å². The lowest BCUT2D eigenvalue weighted by Crippen LogP contribution is -2.70. The molecule has 8 nitrogen and oxygen atoms in total. The van der Waals surface area contributed by atoms with E-state index in [0.717, 1.165) is 6.08 Å². The Labute approximate surface area is 235 Å². The highest BCUT2D eigenvalue weighted by Crippen LogP contribution is 2.72. The summed E-state index contributed by atoms with van der Waals surface area (Å²) in [5.74, 6) is -4.21. The molecule has 0 radical (unpaired) electrons. The number of carbonyl (C=O) groups is 3. The topological polar surface area (TPSA) is 119 Å². The lowest BCUT2D eigenvalue weighted by atomic mass is 9.44. The second-order valence-corrected chi connectivity index (χ2v) is 12.6. The number of rotatable bonds is 4. The van der Waals surface area contributed by atoms with Gasteiger partial charge in [-0.25, -0.2) is 13.6 Å².